The summed E-state index contributed by atoms with van der Waals surface area (Å²) in [6.45, 7) is 2.67. The zero-order valence-electron chi connectivity index (χ0n) is 11.7. The van der Waals surface area contributed by atoms with Gasteiger partial charge in [0.05, 0.1) is 11.6 Å². The summed E-state index contributed by atoms with van der Waals surface area (Å²) in [5, 5.41) is 4.32. The van der Waals surface area contributed by atoms with E-state index in [0.717, 1.165) is 16.5 Å². The number of hydrogen-bond acceptors (Lipinski definition) is 5. The van der Waals surface area contributed by atoms with Crippen molar-refractivity contribution in [2.45, 2.75) is 18.0 Å². The molecule has 0 fully saturated rings. The van der Waals surface area contributed by atoms with Crippen molar-refractivity contribution in [1.29, 1.82) is 0 Å². The second-order valence-corrected chi connectivity index (χ2v) is 5.21. The normalized spacial score (nSPS) is 12.1. The number of thioether (sulfide) groups is 1. The van der Waals surface area contributed by atoms with Gasteiger partial charge in [-0.1, -0.05) is 18.2 Å². The molecule has 1 unspecified atom stereocenters. The molecule has 2 aromatic rings. The van der Waals surface area contributed by atoms with Gasteiger partial charge in [-0.3, -0.25) is 0 Å². The first-order valence-corrected chi connectivity index (χ1v) is 7.61. The van der Waals surface area contributed by atoms with Gasteiger partial charge in [0, 0.05) is 23.6 Å². The standard InChI is InChI=1S/C15H19N3OS/c1-3-19-14-7-5-4-6-12(14)13(16-2)10-20-15-8-9-17-11-18-15/h4-9,11,13,16H,3,10H2,1-2H3. The minimum atomic E-state index is 0.220. The molecule has 1 aromatic carbocycles. The van der Waals surface area contributed by atoms with Crippen LogP contribution in [0.3, 0.4) is 0 Å². The summed E-state index contributed by atoms with van der Waals surface area (Å²) in [5.74, 6) is 1.83. The van der Waals surface area contributed by atoms with Crippen molar-refractivity contribution < 1.29 is 4.74 Å². The summed E-state index contributed by atoms with van der Waals surface area (Å²) in [6.07, 6.45) is 3.34. The lowest BCUT2D eigenvalue weighted by atomic mass is 10.1. The van der Waals surface area contributed by atoms with Crippen LogP contribution in [0.5, 0.6) is 5.75 Å². The summed E-state index contributed by atoms with van der Waals surface area (Å²) in [6, 6.07) is 10.3. The first-order chi connectivity index (χ1) is 9.85. The van der Waals surface area contributed by atoms with E-state index in [9.17, 15) is 0 Å². The van der Waals surface area contributed by atoms with Crippen LogP contribution < -0.4 is 10.1 Å². The highest BCUT2D eigenvalue weighted by atomic mass is 32.2. The molecular formula is C15H19N3OS. The molecule has 0 saturated heterocycles. The Morgan fingerprint density at radius 3 is 2.85 bits per heavy atom. The number of aromatic nitrogens is 2. The van der Waals surface area contributed by atoms with Crippen molar-refractivity contribution in [3.8, 4) is 5.75 Å². The predicted molar refractivity (Wildman–Crippen MR) is 82.2 cm³/mol. The van der Waals surface area contributed by atoms with Gasteiger partial charge >= 0.3 is 0 Å². The molecule has 1 atom stereocenters. The number of benzene rings is 1. The Kier molecular flexibility index (Phi) is 5.83. The second-order valence-electron chi connectivity index (χ2n) is 4.17. The Bertz CT molecular complexity index is 522. The molecule has 1 heterocycles. The third-order valence-electron chi connectivity index (χ3n) is 2.90. The third-order valence-corrected chi connectivity index (χ3v) is 3.93. The average Bonchev–Trinajstić information content (AvgIpc) is 2.51. The fourth-order valence-electron chi connectivity index (χ4n) is 1.92. The van der Waals surface area contributed by atoms with Crippen LogP contribution in [0.4, 0.5) is 0 Å². The highest BCUT2D eigenvalue weighted by Crippen LogP contribution is 2.29. The Labute approximate surface area is 124 Å². The van der Waals surface area contributed by atoms with E-state index in [1.807, 2.05) is 38.2 Å². The molecule has 5 heteroatoms. The van der Waals surface area contributed by atoms with Gasteiger partial charge in [-0.05, 0) is 26.1 Å². The minimum absolute atomic E-state index is 0.220. The van der Waals surface area contributed by atoms with Crippen molar-refractivity contribution in [1.82, 2.24) is 15.3 Å². The molecule has 0 radical (unpaired) electrons. The molecule has 0 aliphatic carbocycles. The third kappa shape index (κ3) is 3.95. The van der Waals surface area contributed by atoms with Crippen molar-refractivity contribution >= 4 is 11.8 Å². The molecule has 0 spiro atoms. The Balaban J connectivity index is 2.08. The van der Waals surface area contributed by atoms with E-state index in [2.05, 4.69) is 21.4 Å². The van der Waals surface area contributed by atoms with Crippen molar-refractivity contribution in [2.75, 3.05) is 19.4 Å². The highest BCUT2D eigenvalue weighted by Gasteiger charge is 2.14. The van der Waals surface area contributed by atoms with Gasteiger partial charge in [-0.25, -0.2) is 9.97 Å². The lowest BCUT2D eigenvalue weighted by Gasteiger charge is -2.19. The molecule has 4 nitrogen and oxygen atoms in total. The Morgan fingerprint density at radius 2 is 2.15 bits per heavy atom. The molecule has 1 aromatic heterocycles. The van der Waals surface area contributed by atoms with Gasteiger partial charge in [0.15, 0.2) is 0 Å². The van der Waals surface area contributed by atoms with Crippen LogP contribution in [0, 0.1) is 0 Å². The predicted octanol–water partition coefficient (Wildman–Crippen LogP) is 2.93. The second kappa shape index (κ2) is 7.87. The van der Waals surface area contributed by atoms with Crippen molar-refractivity contribution in [3.05, 3.63) is 48.4 Å². The average molecular weight is 289 g/mol. The number of para-hydroxylation sites is 1. The van der Waals surface area contributed by atoms with Gasteiger partial charge in [0.1, 0.15) is 12.1 Å². The van der Waals surface area contributed by atoms with E-state index in [-0.39, 0.29) is 6.04 Å². The zero-order chi connectivity index (χ0) is 14.2. The smallest absolute Gasteiger partial charge is 0.124 e. The zero-order valence-corrected chi connectivity index (χ0v) is 12.6. The monoisotopic (exact) mass is 289 g/mol. The molecule has 0 aliphatic heterocycles. The lowest BCUT2D eigenvalue weighted by molar-refractivity contribution is 0.333. The minimum Gasteiger partial charge on any atom is -0.494 e. The van der Waals surface area contributed by atoms with Crippen LogP contribution in [0.15, 0.2) is 47.9 Å². The van der Waals surface area contributed by atoms with Crippen molar-refractivity contribution in [2.24, 2.45) is 0 Å². The molecule has 20 heavy (non-hydrogen) atoms. The van der Waals surface area contributed by atoms with Gasteiger partial charge in [0.2, 0.25) is 0 Å². The molecule has 106 valence electrons. The fraction of sp³-hybridized carbons (Fsp3) is 0.333. The molecule has 0 saturated carbocycles. The SMILES string of the molecule is CCOc1ccccc1C(CSc1ccncn1)NC. The summed E-state index contributed by atoms with van der Waals surface area (Å²) in [4.78, 5) is 8.16. The van der Waals surface area contributed by atoms with E-state index < -0.39 is 0 Å². The lowest BCUT2D eigenvalue weighted by Crippen LogP contribution is -2.19. The first-order valence-electron chi connectivity index (χ1n) is 6.63. The maximum Gasteiger partial charge on any atom is 0.124 e. The number of nitrogens with one attached hydrogen (secondary N) is 1. The molecule has 0 amide bonds. The van der Waals surface area contributed by atoms with Gasteiger partial charge in [-0.15, -0.1) is 11.8 Å². The molecule has 0 bridgehead atoms. The number of ether oxygens (including phenoxy) is 1. The topological polar surface area (TPSA) is 47.0 Å². The molecular weight excluding hydrogens is 270 g/mol. The van der Waals surface area contributed by atoms with E-state index >= 15 is 0 Å². The molecule has 1 N–H and O–H groups in total. The van der Waals surface area contributed by atoms with Crippen LogP contribution in [0.1, 0.15) is 18.5 Å². The largest absolute Gasteiger partial charge is 0.494 e. The summed E-state index contributed by atoms with van der Waals surface area (Å²) >= 11 is 1.71. The summed E-state index contributed by atoms with van der Waals surface area (Å²) < 4.78 is 5.70. The van der Waals surface area contributed by atoms with Crippen LogP contribution in [0.25, 0.3) is 0 Å². The first kappa shape index (κ1) is 14.8. The maximum absolute atomic E-state index is 5.70. The molecule has 2 rings (SSSR count). The van der Waals surface area contributed by atoms with Crippen LogP contribution in [-0.4, -0.2) is 29.4 Å². The van der Waals surface area contributed by atoms with Crippen LogP contribution >= 0.6 is 11.8 Å². The Morgan fingerprint density at radius 1 is 1.30 bits per heavy atom. The van der Waals surface area contributed by atoms with E-state index in [1.165, 1.54) is 5.56 Å². The van der Waals surface area contributed by atoms with Crippen molar-refractivity contribution in [3.63, 3.8) is 0 Å². The number of rotatable bonds is 7. The fourth-order valence-corrected chi connectivity index (χ4v) is 2.88. The quantitative estimate of drug-likeness (QED) is 0.627. The van der Waals surface area contributed by atoms with Crippen LogP contribution in [-0.2, 0) is 0 Å². The van der Waals surface area contributed by atoms with Crippen LogP contribution in [0.2, 0.25) is 0 Å². The van der Waals surface area contributed by atoms with E-state index in [0.29, 0.717) is 6.61 Å². The summed E-state index contributed by atoms with van der Waals surface area (Å²) in [5.41, 5.74) is 1.18. The van der Waals surface area contributed by atoms with E-state index in [1.54, 1.807) is 24.3 Å². The molecule has 0 aliphatic rings. The van der Waals surface area contributed by atoms with Gasteiger partial charge < -0.3 is 10.1 Å². The highest BCUT2D eigenvalue weighted by molar-refractivity contribution is 7.99. The van der Waals surface area contributed by atoms with E-state index in [4.69, 9.17) is 4.74 Å². The van der Waals surface area contributed by atoms with Gasteiger partial charge in [0.25, 0.3) is 0 Å². The summed E-state index contributed by atoms with van der Waals surface area (Å²) in [7, 11) is 1.97. The van der Waals surface area contributed by atoms with Gasteiger partial charge in [-0.2, -0.15) is 0 Å². The maximum atomic E-state index is 5.70. The number of nitrogens with zero attached hydrogens (tertiary/aromatic N) is 2. The Hall–Kier alpha value is -1.59. The number of hydrogen-bond donors (Lipinski definition) is 1.